The summed E-state index contributed by atoms with van der Waals surface area (Å²) in [6.07, 6.45) is -1.11. The van der Waals surface area contributed by atoms with Crippen molar-refractivity contribution in [3.05, 3.63) is 58.6 Å². The number of halogens is 1. The van der Waals surface area contributed by atoms with Gasteiger partial charge in [-0.15, -0.1) is 0 Å². The Balaban J connectivity index is 2.24. The lowest BCUT2D eigenvalue weighted by molar-refractivity contribution is 0.0998. The van der Waals surface area contributed by atoms with Gasteiger partial charge in [-0.3, -0.25) is 4.79 Å². The molecule has 7 heteroatoms. The van der Waals surface area contributed by atoms with Gasteiger partial charge in [0.2, 0.25) is 0 Å². The van der Waals surface area contributed by atoms with E-state index in [2.05, 4.69) is 5.32 Å². The molecule has 6 nitrogen and oxygen atoms in total. The van der Waals surface area contributed by atoms with Gasteiger partial charge in [0.25, 0.3) is 5.91 Å². The van der Waals surface area contributed by atoms with Crippen molar-refractivity contribution in [1.82, 2.24) is 5.32 Å². The Morgan fingerprint density at radius 3 is 2.68 bits per heavy atom. The molecule has 22 heavy (non-hydrogen) atoms. The van der Waals surface area contributed by atoms with Crippen LogP contribution in [0.5, 0.6) is 11.5 Å². The van der Waals surface area contributed by atoms with Gasteiger partial charge in [-0.2, -0.15) is 0 Å². The van der Waals surface area contributed by atoms with Crippen molar-refractivity contribution in [2.24, 2.45) is 5.73 Å². The fraction of sp³-hybridized carbons (Fsp3) is 0.0667. The third-order valence-corrected chi connectivity index (χ3v) is 3.01. The summed E-state index contributed by atoms with van der Waals surface area (Å²) in [7, 11) is 0. The molecule has 0 aliphatic rings. The molecule has 0 aromatic heterocycles. The molecule has 0 radical (unpaired) electrons. The van der Waals surface area contributed by atoms with E-state index in [0.29, 0.717) is 16.3 Å². The number of carbonyl (C=O) groups is 2. The van der Waals surface area contributed by atoms with Gasteiger partial charge in [-0.1, -0.05) is 23.7 Å². The zero-order chi connectivity index (χ0) is 16.1. The summed E-state index contributed by atoms with van der Waals surface area (Å²) in [5.41, 5.74) is 6.21. The second-order valence-electron chi connectivity index (χ2n) is 4.41. The Labute approximate surface area is 131 Å². The highest BCUT2D eigenvalue weighted by Crippen LogP contribution is 2.28. The van der Waals surface area contributed by atoms with Crippen LogP contribution >= 0.6 is 11.6 Å². The molecule has 0 aliphatic carbocycles. The average Bonchev–Trinajstić information content (AvgIpc) is 2.45. The van der Waals surface area contributed by atoms with Gasteiger partial charge in [0.1, 0.15) is 11.5 Å². The number of rotatable bonds is 5. The lowest BCUT2D eigenvalue weighted by atomic mass is 10.2. The van der Waals surface area contributed by atoms with Crippen LogP contribution in [-0.4, -0.2) is 17.1 Å². The Kier molecular flexibility index (Phi) is 4.85. The van der Waals surface area contributed by atoms with Crippen LogP contribution in [0, 0.1) is 0 Å². The lowest BCUT2D eigenvalue weighted by Gasteiger charge is -2.11. The Bertz CT molecular complexity index is 718. The molecule has 0 atom stereocenters. The minimum Gasteiger partial charge on any atom is -0.465 e. The highest BCUT2D eigenvalue weighted by molar-refractivity contribution is 6.30. The van der Waals surface area contributed by atoms with Crippen LogP contribution < -0.4 is 15.8 Å². The van der Waals surface area contributed by atoms with E-state index in [0.717, 1.165) is 0 Å². The van der Waals surface area contributed by atoms with Crippen LogP contribution in [0.25, 0.3) is 0 Å². The first-order chi connectivity index (χ1) is 10.5. The van der Waals surface area contributed by atoms with E-state index in [1.54, 1.807) is 30.3 Å². The molecule has 2 amide bonds. The molecule has 0 aliphatic heterocycles. The third-order valence-electron chi connectivity index (χ3n) is 2.78. The highest BCUT2D eigenvalue weighted by Gasteiger charge is 2.11. The average molecular weight is 321 g/mol. The maximum Gasteiger partial charge on any atom is 0.404 e. The van der Waals surface area contributed by atoms with E-state index in [9.17, 15) is 9.59 Å². The molecule has 0 saturated heterocycles. The summed E-state index contributed by atoms with van der Waals surface area (Å²) < 4.78 is 5.64. The van der Waals surface area contributed by atoms with E-state index in [-0.39, 0.29) is 17.9 Å². The Hall–Kier alpha value is -2.73. The number of amides is 2. The van der Waals surface area contributed by atoms with Gasteiger partial charge in [-0.05, 0) is 29.8 Å². The predicted octanol–water partition coefficient (Wildman–Crippen LogP) is 3.00. The highest BCUT2D eigenvalue weighted by atomic mass is 35.5. The van der Waals surface area contributed by atoms with Gasteiger partial charge < -0.3 is 20.9 Å². The molecular formula is C15H13ClN2O4. The summed E-state index contributed by atoms with van der Waals surface area (Å²) >= 11 is 5.90. The summed E-state index contributed by atoms with van der Waals surface area (Å²) in [4.78, 5) is 21.9. The van der Waals surface area contributed by atoms with Crippen LogP contribution in [0.2, 0.25) is 5.02 Å². The standard InChI is InChI=1S/C15H13ClN2O4/c16-10-4-5-12(14(17)19)13(7-10)22-11-3-1-2-9(6-11)8-18-15(20)21/h1-7,18H,8H2,(H2,17,19)(H,20,21). The van der Waals surface area contributed by atoms with E-state index in [4.69, 9.17) is 27.2 Å². The quantitative estimate of drug-likeness (QED) is 0.788. The zero-order valence-corrected chi connectivity index (χ0v) is 12.1. The summed E-state index contributed by atoms with van der Waals surface area (Å²) in [5.74, 6) is 0.0492. The number of hydrogen-bond acceptors (Lipinski definition) is 3. The smallest absolute Gasteiger partial charge is 0.404 e. The van der Waals surface area contributed by atoms with E-state index in [1.807, 2.05) is 0 Å². The number of carbonyl (C=O) groups excluding carboxylic acids is 1. The summed E-state index contributed by atoms with van der Waals surface area (Å²) in [5, 5.41) is 11.3. The SMILES string of the molecule is NC(=O)c1ccc(Cl)cc1Oc1cccc(CNC(=O)O)c1. The summed E-state index contributed by atoms with van der Waals surface area (Å²) in [6, 6.07) is 11.3. The third kappa shape index (κ3) is 4.13. The molecule has 2 aromatic carbocycles. The van der Waals surface area contributed by atoms with Gasteiger partial charge >= 0.3 is 6.09 Å². The second kappa shape index (κ2) is 6.82. The van der Waals surface area contributed by atoms with E-state index in [1.165, 1.54) is 12.1 Å². The van der Waals surface area contributed by atoms with Gasteiger partial charge in [0.05, 0.1) is 5.56 Å². The maximum absolute atomic E-state index is 11.4. The number of primary amides is 1. The van der Waals surface area contributed by atoms with Crippen molar-refractivity contribution in [2.75, 3.05) is 0 Å². The second-order valence-corrected chi connectivity index (χ2v) is 4.85. The number of hydrogen-bond donors (Lipinski definition) is 3. The molecule has 0 fully saturated rings. The Morgan fingerprint density at radius 1 is 1.23 bits per heavy atom. The maximum atomic E-state index is 11.4. The fourth-order valence-electron chi connectivity index (χ4n) is 1.81. The topological polar surface area (TPSA) is 102 Å². The summed E-state index contributed by atoms with van der Waals surface area (Å²) in [6.45, 7) is 0.144. The molecule has 114 valence electrons. The lowest BCUT2D eigenvalue weighted by Crippen LogP contribution is -2.19. The van der Waals surface area contributed by atoms with Gasteiger partial charge in [-0.25, -0.2) is 4.79 Å². The van der Waals surface area contributed by atoms with E-state index < -0.39 is 12.0 Å². The van der Waals surface area contributed by atoms with Crippen molar-refractivity contribution >= 4 is 23.6 Å². The van der Waals surface area contributed by atoms with Crippen molar-refractivity contribution in [3.8, 4) is 11.5 Å². The first kappa shape index (κ1) is 15.7. The molecule has 4 N–H and O–H groups in total. The molecule has 0 heterocycles. The predicted molar refractivity (Wildman–Crippen MR) is 81.4 cm³/mol. The largest absolute Gasteiger partial charge is 0.465 e. The number of benzene rings is 2. The monoisotopic (exact) mass is 320 g/mol. The minimum atomic E-state index is -1.11. The van der Waals surface area contributed by atoms with Crippen molar-refractivity contribution in [2.45, 2.75) is 6.54 Å². The van der Waals surface area contributed by atoms with Crippen LogP contribution in [-0.2, 0) is 6.54 Å². The normalized spacial score (nSPS) is 10.0. The molecule has 0 bridgehead atoms. The first-order valence-corrected chi connectivity index (χ1v) is 6.66. The van der Waals surface area contributed by atoms with Gasteiger partial charge in [0, 0.05) is 17.6 Å². The number of nitrogens with one attached hydrogen (secondary N) is 1. The van der Waals surface area contributed by atoms with Crippen LogP contribution in [0.15, 0.2) is 42.5 Å². The van der Waals surface area contributed by atoms with Crippen molar-refractivity contribution in [1.29, 1.82) is 0 Å². The number of carboxylic acid groups (broad SMARTS) is 1. The zero-order valence-electron chi connectivity index (χ0n) is 11.4. The molecule has 0 spiro atoms. The van der Waals surface area contributed by atoms with Crippen molar-refractivity contribution < 1.29 is 19.4 Å². The fourth-order valence-corrected chi connectivity index (χ4v) is 1.97. The molecular weight excluding hydrogens is 308 g/mol. The number of ether oxygens (including phenoxy) is 1. The van der Waals surface area contributed by atoms with Crippen LogP contribution in [0.3, 0.4) is 0 Å². The minimum absolute atomic E-state index is 0.144. The number of nitrogens with two attached hydrogens (primary N) is 1. The molecule has 2 aromatic rings. The molecule has 2 rings (SSSR count). The van der Waals surface area contributed by atoms with E-state index >= 15 is 0 Å². The molecule has 0 unspecified atom stereocenters. The van der Waals surface area contributed by atoms with Crippen molar-refractivity contribution in [3.63, 3.8) is 0 Å². The van der Waals surface area contributed by atoms with Crippen LogP contribution in [0.4, 0.5) is 4.79 Å². The van der Waals surface area contributed by atoms with Gasteiger partial charge in [0.15, 0.2) is 0 Å². The Morgan fingerprint density at radius 2 is 2.00 bits per heavy atom. The molecule has 0 saturated carbocycles. The van der Waals surface area contributed by atoms with Crippen LogP contribution in [0.1, 0.15) is 15.9 Å². The first-order valence-electron chi connectivity index (χ1n) is 6.28.